The average Bonchev–Trinajstić information content (AvgIpc) is 2.32. The molecule has 0 atom stereocenters. The second-order valence-electron chi connectivity index (χ2n) is 2.41. The van der Waals surface area contributed by atoms with Gasteiger partial charge in [-0.2, -0.15) is 5.10 Å². The minimum atomic E-state index is 0.521. The molecule has 0 unspecified atom stereocenters. The Bertz CT molecular complexity index is 232. The summed E-state index contributed by atoms with van der Waals surface area (Å²) in [5, 5.41) is 7.27. The molecule has 1 rings (SSSR count). The first-order chi connectivity index (χ1) is 5.27. The Morgan fingerprint density at radius 2 is 2.45 bits per heavy atom. The van der Waals surface area contributed by atoms with Crippen LogP contribution in [0.25, 0.3) is 0 Å². The molecule has 1 N–H and O–H groups in total. The lowest BCUT2D eigenvalue weighted by atomic mass is 10.4. The van der Waals surface area contributed by atoms with Gasteiger partial charge in [-0.1, -0.05) is 0 Å². The van der Waals surface area contributed by atoms with E-state index in [2.05, 4.69) is 10.4 Å². The molecule has 0 saturated heterocycles. The molecule has 0 saturated carbocycles. The zero-order chi connectivity index (χ0) is 8.27. The van der Waals surface area contributed by atoms with E-state index < -0.39 is 0 Å². The molecule has 1 heterocycles. The van der Waals surface area contributed by atoms with Gasteiger partial charge in [0.1, 0.15) is 0 Å². The van der Waals surface area contributed by atoms with Gasteiger partial charge in [-0.3, -0.25) is 4.68 Å². The lowest BCUT2D eigenvalue weighted by Crippen LogP contribution is -2.05. The van der Waals surface area contributed by atoms with Crippen molar-refractivity contribution in [1.82, 2.24) is 15.1 Å². The highest BCUT2D eigenvalue weighted by Gasteiger charge is 2.01. The van der Waals surface area contributed by atoms with E-state index in [0.29, 0.717) is 5.88 Å². The van der Waals surface area contributed by atoms with Crippen LogP contribution in [0.1, 0.15) is 11.4 Å². The minimum Gasteiger partial charge on any atom is -0.314 e. The monoisotopic (exact) mass is 173 g/mol. The van der Waals surface area contributed by atoms with Crippen LogP contribution in [-0.4, -0.2) is 16.8 Å². The van der Waals surface area contributed by atoms with E-state index in [-0.39, 0.29) is 0 Å². The molecule has 11 heavy (non-hydrogen) atoms. The SMILES string of the molecule is CNCc1cc(CCl)n(C)n1. The van der Waals surface area contributed by atoms with Crippen molar-refractivity contribution in [3.8, 4) is 0 Å². The van der Waals surface area contributed by atoms with Gasteiger partial charge in [0, 0.05) is 13.6 Å². The van der Waals surface area contributed by atoms with Crippen LogP contribution in [0.3, 0.4) is 0 Å². The molecular weight excluding hydrogens is 162 g/mol. The maximum atomic E-state index is 5.66. The van der Waals surface area contributed by atoms with E-state index in [9.17, 15) is 0 Å². The summed E-state index contributed by atoms with van der Waals surface area (Å²) < 4.78 is 1.81. The number of aromatic nitrogens is 2. The van der Waals surface area contributed by atoms with Crippen LogP contribution in [0.15, 0.2) is 6.07 Å². The average molecular weight is 174 g/mol. The third-order valence-electron chi connectivity index (χ3n) is 1.52. The van der Waals surface area contributed by atoms with Gasteiger partial charge in [0.15, 0.2) is 0 Å². The summed E-state index contributed by atoms with van der Waals surface area (Å²) in [7, 11) is 3.80. The minimum absolute atomic E-state index is 0.521. The summed E-state index contributed by atoms with van der Waals surface area (Å²) in [6.45, 7) is 0.796. The standard InChI is InChI=1S/C7H12ClN3/c1-9-5-6-3-7(4-8)11(2)10-6/h3,9H,4-5H2,1-2H3. The zero-order valence-corrected chi connectivity index (χ0v) is 7.52. The molecule has 0 aliphatic rings. The van der Waals surface area contributed by atoms with Crippen molar-refractivity contribution in [2.45, 2.75) is 12.4 Å². The van der Waals surface area contributed by atoms with Gasteiger partial charge in [-0.05, 0) is 13.1 Å². The predicted molar refractivity (Wildman–Crippen MR) is 45.5 cm³/mol. The number of alkyl halides is 1. The fraction of sp³-hybridized carbons (Fsp3) is 0.571. The second-order valence-corrected chi connectivity index (χ2v) is 2.68. The van der Waals surface area contributed by atoms with Crippen LogP contribution >= 0.6 is 11.6 Å². The summed E-state index contributed by atoms with van der Waals surface area (Å²) in [6.07, 6.45) is 0. The molecule has 62 valence electrons. The fourth-order valence-electron chi connectivity index (χ4n) is 0.964. The van der Waals surface area contributed by atoms with Gasteiger partial charge in [0.05, 0.1) is 17.3 Å². The summed E-state index contributed by atoms with van der Waals surface area (Å²) >= 11 is 5.66. The molecule has 0 aromatic carbocycles. The van der Waals surface area contributed by atoms with Gasteiger partial charge in [-0.25, -0.2) is 0 Å². The van der Waals surface area contributed by atoms with E-state index in [0.717, 1.165) is 17.9 Å². The summed E-state index contributed by atoms with van der Waals surface area (Å²) in [4.78, 5) is 0. The maximum Gasteiger partial charge on any atom is 0.0765 e. The molecule has 0 bridgehead atoms. The fourth-order valence-corrected chi connectivity index (χ4v) is 1.21. The van der Waals surface area contributed by atoms with Crippen molar-refractivity contribution in [2.75, 3.05) is 7.05 Å². The summed E-state index contributed by atoms with van der Waals surface area (Å²) in [6, 6.07) is 2.00. The van der Waals surface area contributed by atoms with E-state index in [1.807, 2.05) is 20.2 Å². The van der Waals surface area contributed by atoms with Crippen molar-refractivity contribution >= 4 is 11.6 Å². The molecule has 3 nitrogen and oxygen atoms in total. The number of rotatable bonds is 3. The van der Waals surface area contributed by atoms with Crippen LogP contribution in [0.5, 0.6) is 0 Å². The Morgan fingerprint density at radius 3 is 2.91 bits per heavy atom. The smallest absolute Gasteiger partial charge is 0.0765 e. The Kier molecular flexibility index (Phi) is 2.91. The third kappa shape index (κ3) is 1.94. The van der Waals surface area contributed by atoms with Crippen molar-refractivity contribution in [1.29, 1.82) is 0 Å². The molecule has 1 aromatic rings. The molecule has 0 amide bonds. The molecule has 0 spiro atoms. The van der Waals surface area contributed by atoms with Crippen molar-refractivity contribution in [3.05, 3.63) is 17.5 Å². The van der Waals surface area contributed by atoms with Crippen LogP contribution < -0.4 is 5.32 Å². The summed E-state index contributed by atoms with van der Waals surface area (Å²) in [5.41, 5.74) is 2.09. The quantitative estimate of drug-likeness (QED) is 0.688. The highest BCUT2D eigenvalue weighted by molar-refractivity contribution is 6.16. The van der Waals surface area contributed by atoms with Gasteiger partial charge in [-0.15, -0.1) is 11.6 Å². The van der Waals surface area contributed by atoms with E-state index in [4.69, 9.17) is 11.6 Å². The zero-order valence-electron chi connectivity index (χ0n) is 6.76. The Balaban J connectivity index is 2.77. The highest BCUT2D eigenvalue weighted by Crippen LogP contribution is 2.05. The number of hydrogen-bond donors (Lipinski definition) is 1. The number of nitrogens with one attached hydrogen (secondary N) is 1. The van der Waals surface area contributed by atoms with Crippen molar-refractivity contribution in [2.24, 2.45) is 7.05 Å². The molecule has 0 fully saturated rings. The molecular formula is C7H12ClN3. The lowest BCUT2D eigenvalue weighted by Gasteiger charge is -1.92. The van der Waals surface area contributed by atoms with Crippen LogP contribution in [0.4, 0.5) is 0 Å². The van der Waals surface area contributed by atoms with Crippen LogP contribution in [0, 0.1) is 0 Å². The van der Waals surface area contributed by atoms with E-state index >= 15 is 0 Å². The largest absolute Gasteiger partial charge is 0.314 e. The lowest BCUT2D eigenvalue weighted by molar-refractivity contribution is 0.696. The topological polar surface area (TPSA) is 29.9 Å². The van der Waals surface area contributed by atoms with Gasteiger partial charge >= 0.3 is 0 Å². The Labute approximate surface area is 71.4 Å². The molecule has 0 radical (unpaired) electrons. The van der Waals surface area contributed by atoms with Crippen LogP contribution in [0.2, 0.25) is 0 Å². The second kappa shape index (κ2) is 3.74. The molecule has 1 aromatic heterocycles. The first-order valence-corrected chi connectivity index (χ1v) is 4.03. The number of aryl methyl sites for hydroxylation is 1. The normalized spacial score (nSPS) is 10.5. The van der Waals surface area contributed by atoms with Gasteiger partial charge < -0.3 is 5.32 Å². The molecule has 0 aliphatic carbocycles. The molecule has 0 aliphatic heterocycles. The maximum absolute atomic E-state index is 5.66. The Morgan fingerprint density at radius 1 is 1.73 bits per heavy atom. The Hall–Kier alpha value is -0.540. The van der Waals surface area contributed by atoms with Crippen molar-refractivity contribution in [3.63, 3.8) is 0 Å². The first-order valence-electron chi connectivity index (χ1n) is 3.50. The van der Waals surface area contributed by atoms with E-state index in [1.165, 1.54) is 0 Å². The third-order valence-corrected chi connectivity index (χ3v) is 1.80. The van der Waals surface area contributed by atoms with Gasteiger partial charge in [0.25, 0.3) is 0 Å². The first kappa shape index (κ1) is 8.56. The number of nitrogens with zero attached hydrogens (tertiary/aromatic N) is 2. The highest BCUT2D eigenvalue weighted by atomic mass is 35.5. The van der Waals surface area contributed by atoms with Crippen molar-refractivity contribution < 1.29 is 0 Å². The predicted octanol–water partition coefficient (Wildman–Crippen LogP) is 0.878. The molecule has 4 heteroatoms. The number of hydrogen-bond acceptors (Lipinski definition) is 2. The van der Waals surface area contributed by atoms with Crippen LogP contribution in [-0.2, 0) is 19.5 Å². The number of halogens is 1. The van der Waals surface area contributed by atoms with Gasteiger partial charge in [0.2, 0.25) is 0 Å². The van der Waals surface area contributed by atoms with E-state index in [1.54, 1.807) is 4.68 Å². The summed E-state index contributed by atoms with van der Waals surface area (Å²) in [5.74, 6) is 0.521.